The van der Waals surface area contributed by atoms with E-state index in [1.165, 1.54) is 5.56 Å². The smallest absolute Gasteiger partial charge is 0.340 e. The van der Waals surface area contributed by atoms with Crippen molar-refractivity contribution in [3.63, 3.8) is 0 Å². The lowest BCUT2D eigenvalue weighted by molar-refractivity contribution is -0.135. The van der Waals surface area contributed by atoms with Crippen molar-refractivity contribution >= 4 is 17.5 Å². The molecule has 3 aromatic rings. The number of nitrogens with one attached hydrogen (secondary N) is 3. The van der Waals surface area contributed by atoms with Crippen LogP contribution in [0.3, 0.4) is 0 Å². The summed E-state index contributed by atoms with van der Waals surface area (Å²) in [4.78, 5) is 29.3. The maximum absolute atomic E-state index is 14.8. The number of hydrogen-bond acceptors (Lipinski definition) is 9. The third kappa shape index (κ3) is 7.07. The summed E-state index contributed by atoms with van der Waals surface area (Å²) < 4.78 is 12.8. The standard InChI is InChI=1S/C51H59N3O6/c1-4-30(23-31-9-6-5-7-10-31)25-43-51-21-19-38(45(48(51)50(58)60-43)41-27-36(56)14-15-37(41)34-12-8-11-32(24-34)28-52-2)39-16-17-40-42(59-49(57)46(40)47(39)51)18-13-35(29-55)33-20-22-54-44(26-33)53-3/h5-12,14-15,18,24-25,27,30,33,35,38-39,44,47,52-56H,4,13,16-17,19-23,26,28-29H2,1-3H3/t30-,33-,35+,38+,39+,44-,47+,51+/m0/s1. The van der Waals surface area contributed by atoms with Gasteiger partial charge in [0.2, 0.25) is 0 Å². The maximum atomic E-state index is 14.8. The van der Waals surface area contributed by atoms with Crippen LogP contribution in [0.15, 0.2) is 113 Å². The number of aromatic hydroxyl groups is 1. The number of carbonyl (C=O) groups excluding carboxylic acids is 2. The van der Waals surface area contributed by atoms with E-state index in [1.54, 1.807) is 6.07 Å². The van der Waals surface area contributed by atoms with Crippen LogP contribution >= 0.6 is 0 Å². The van der Waals surface area contributed by atoms with Crippen molar-refractivity contribution in [1.29, 1.82) is 0 Å². The minimum Gasteiger partial charge on any atom is -0.508 e. The van der Waals surface area contributed by atoms with Gasteiger partial charge in [0.1, 0.15) is 17.3 Å². The summed E-state index contributed by atoms with van der Waals surface area (Å²) in [5, 5.41) is 31.8. The number of fused-ring (bicyclic) bond motifs is 1. The summed E-state index contributed by atoms with van der Waals surface area (Å²) >= 11 is 0. The second-order valence-electron chi connectivity index (χ2n) is 17.9. The number of aliphatic hydroxyl groups excluding tert-OH is 1. The molecule has 5 N–H and O–H groups in total. The molecular weight excluding hydrogens is 751 g/mol. The molecule has 0 unspecified atom stereocenters. The molecule has 2 bridgehead atoms. The lowest BCUT2D eigenvalue weighted by Crippen LogP contribution is -2.52. The van der Waals surface area contributed by atoms with E-state index in [4.69, 9.17) is 9.47 Å². The van der Waals surface area contributed by atoms with Gasteiger partial charge in [-0.15, -0.1) is 0 Å². The minimum absolute atomic E-state index is 0.0280. The first kappa shape index (κ1) is 40.6. The van der Waals surface area contributed by atoms with E-state index in [9.17, 15) is 19.8 Å². The number of ether oxygens (including phenoxy) is 2. The lowest BCUT2D eigenvalue weighted by Gasteiger charge is -2.56. The van der Waals surface area contributed by atoms with E-state index < -0.39 is 5.41 Å². The average Bonchev–Trinajstić information content (AvgIpc) is 3.76. The molecule has 9 heteroatoms. The van der Waals surface area contributed by atoms with Crippen molar-refractivity contribution < 1.29 is 29.3 Å². The molecule has 0 aromatic heterocycles. The minimum atomic E-state index is -0.868. The van der Waals surface area contributed by atoms with E-state index in [1.807, 2.05) is 32.3 Å². The van der Waals surface area contributed by atoms with Gasteiger partial charge in [-0.05, 0) is 172 Å². The van der Waals surface area contributed by atoms with Crippen LogP contribution in [0.5, 0.6) is 5.75 Å². The molecule has 7 aliphatic rings. The number of hydrogen-bond donors (Lipinski definition) is 5. The number of phenols is 1. The van der Waals surface area contributed by atoms with Gasteiger partial charge < -0.3 is 35.6 Å². The van der Waals surface area contributed by atoms with Crippen molar-refractivity contribution in [2.75, 3.05) is 27.2 Å². The Hall–Kier alpha value is -4.80. The molecule has 3 heterocycles. The highest BCUT2D eigenvalue weighted by Crippen LogP contribution is 2.72. The molecule has 3 aromatic carbocycles. The predicted octanol–water partition coefficient (Wildman–Crippen LogP) is 7.96. The fourth-order valence-electron chi connectivity index (χ4n) is 12.0. The van der Waals surface area contributed by atoms with E-state index in [0.29, 0.717) is 54.4 Å². The average molecular weight is 810 g/mol. The van der Waals surface area contributed by atoms with Crippen molar-refractivity contribution in [1.82, 2.24) is 16.0 Å². The second kappa shape index (κ2) is 16.9. The topological polar surface area (TPSA) is 129 Å². The largest absolute Gasteiger partial charge is 0.508 e. The number of benzene rings is 3. The number of rotatable bonds is 13. The number of allylic oxidation sites excluding steroid dienone is 5. The Labute approximate surface area is 354 Å². The molecule has 8 atom stereocenters. The summed E-state index contributed by atoms with van der Waals surface area (Å²) in [5.41, 5.74) is 7.58. The zero-order valence-corrected chi connectivity index (χ0v) is 35.1. The maximum Gasteiger partial charge on any atom is 0.340 e. The molecule has 60 heavy (non-hydrogen) atoms. The molecule has 4 aliphatic carbocycles. The molecule has 314 valence electrons. The van der Waals surface area contributed by atoms with Crippen LogP contribution in [0.1, 0.15) is 75.0 Å². The Morgan fingerprint density at radius 2 is 1.77 bits per heavy atom. The van der Waals surface area contributed by atoms with Gasteiger partial charge in [-0.1, -0.05) is 61.5 Å². The highest BCUT2D eigenvalue weighted by Gasteiger charge is 2.68. The quantitative estimate of drug-likeness (QED) is 0.109. The normalized spacial score (nSPS) is 29.4. The van der Waals surface area contributed by atoms with Gasteiger partial charge in [0.25, 0.3) is 0 Å². The summed E-state index contributed by atoms with van der Waals surface area (Å²) in [7, 11) is 3.89. The molecule has 10 rings (SSSR count). The van der Waals surface area contributed by atoms with Crippen LogP contribution in [0.2, 0.25) is 0 Å². The van der Waals surface area contributed by atoms with E-state index in [0.717, 1.165) is 78.5 Å². The van der Waals surface area contributed by atoms with Crippen molar-refractivity contribution in [2.24, 2.45) is 40.9 Å². The molecule has 3 aliphatic heterocycles. The molecule has 1 saturated carbocycles. The monoisotopic (exact) mass is 809 g/mol. The first-order chi connectivity index (χ1) is 29.3. The van der Waals surface area contributed by atoms with Crippen molar-refractivity contribution in [2.45, 2.75) is 77.4 Å². The Bertz CT molecular complexity index is 2280. The van der Waals surface area contributed by atoms with Gasteiger partial charge in [-0.25, -0.2) is 9.59 Å². The lowest BCUT2D eigenvalue weighted by atomic mass is 9.44. The van der Waals surface area contributed by atoms with Gasteiger partial charge >= 0.3 is 11.9 Å². The highest BCUT2D eigenvalue weighted by atomic mass is 16.5. The van der Waals surface area contributed by atoms with E-state index in [2.05, 4.69) is 83.6 Å². The molecule has 0 amide bonds. The van der Waals surface area contributed by atoms with Crippen LogP contribution in [0, 0.1) is 40.9 Å². The number of aliphatic hydroxyl groups is 1. The first-order valence-corrected chi connectivity index (χ1v) is 22.2. The Morgan fingerprint density at radius 3 is 2.55 bits per heavy atom. The Morgan fingerprint density at radius 1 is 0.933 bits per heavy atom. The number of piperidine rings is 1. The van der Waals surface area contributed by atoms with Crippen LogP contribution in [0.25, 0.3) is 16.7 Å². The van der Waals surface area contributed by atoms with Crippen LogP contribution in [0.4, 0.5) is 0 Å². The van der Waals surface area contributed by atoms with Crippen molar-refractivity contribution in [3.05, 3.63) is 130 Å². The van der Waals surface area contributed by atoms with Crippen LogP contribution in [-0.4, -0.2) is 55.6 Å². The Balaban J connectivity index is 1.19. The number of cyclic esters (lactones) is 2. The summed E-state index contributed by atoms with van der Waals surface area (Å²) in [6.45, 7) is 3.86. The molecule has 1 spiro atoms. The summed E-state index contributed by atoms with van der Waals surface area (Å²) in [6, 6.07) is 24.4. The van der Waals surface area contributed by atoms with Crippen LogP contribution in [-0.2, 0) is 32.0 Å². The third-order valence-corrected chi connectivity index (χ3v) is 14.8. The number of esters is 2. The van der Waals surface area contributed by atoms with Gasteiger partial charge in [0.15, 0.2) is 0 Å². The molecular formula is C51H59N3O6. The zero-order chi connectivity index (χ0) is 41.5. The summed E-state index contributed by atoms with van der Waals surface area (Å²) in [6.07, 6.45) is 11.7. The molecule has 3 fully saturated rings. The van der Waals surface area contributed by atoms with Crippen LogP contribution < -0.4 is 16.0 Å². The first-order valence-electron chi connectivity index (χ1n) is 22.2. The fourth-order valence-corrected chi connectivity index (χ4v) is 12.0. The highest BCUT2D eigenvalue weighted by molar-refractivity contribution is 6.07. The second-order valence-corrected chi connectivity index (χ2v) is 17.9. The number of carbonyl (C=O) groups is 2. The third-order valence-electron chi connectivity index (χ3n) is 14.8. The van der Waals surface area contributed by atoms with Crippen molar-refractivity contribution in [3.8, 4) is 16.9 Å². The summed E-state index contributed by atoms with van der Waals surface area (Å²) in [5.74, 6) is 0.996. The Kier molecular flexibility index (Phi) is 11.5. The van der Waals surface area contributed by atoms with E-state index in [-0.39, 0.29) is 60.1 Å². The van der Waals surface area contributed by atoms with Gasteiger partial charge in [-0.3, -0.25) is 0 Å². The number of phenolic OH excluding ortho intramolecular Hbond substituents is 1. The van der Waals surface area contributed by atoms with Gasteiger partial charge in [0.05, 0.1) is 17.2 Å². The van der Waals surface area contributed by atoms with Gasteiger partial charge in [0, 0.05) is 30.2 Å². The molecule has 2 saturated heterocycles. The SMILES string of the molecule is CC[C@H](C=C1OC(=O)C2=C(c3cc(O)ccc3-c3cccc(CNC)c3)[C@@H]3CC[C@]12[C@H]1C2=C(CC[C@H]31)C(=CC[C@H](CO)[C@H]1CCN[C@H](NC)C1)OC2=O)Cc1ccccc1. The fraction of sp³-hybridized carbons (Fsp3) is 0.451. The molecule has 0 radical (unpaired) electrons. The van der Waals surface area contributed by atoms with E-state index >= 15 is 0 Å². The predicted molar refractivity (Wildman–Crippen MR) is 233 cm³/mol. The molecule has 9 nitrogen and oxygen atoms in total. The van der Waals surface area contributed by atoms with Gasteiger partial charge in [-0.2, -0.15) is 0 Å². The zero-order valence-electron chi connectivity index (χ0n) is 35.1.